The number of carbonyl (C=O) groups excluding carboxylic acids is 3. The third-order valence-electron chi connectivity index (χ3n) is 3.44. The van der Waals surface area contributed by atoms with Crippen LogP contribution in [0.3, 0.4) is 0 Å². The molecule has 3 atom stereocenters. The smallest absolute Gasteiger partial charge is 0.338 e. The van der Waals surface area contributed by atoms with E-state index >= 15 is 0 Å². The van der Waals surface area contributed by atoms with Crippen molar-refractivity contribution in [3.05, 3.63) is 0 Å². The second kappa shape index (κ2) is 9.61. The van der Waals surface area contributed by atoms with Gasteiger partial charge in [-0.2, -0.15) is 0 Å². The molecule has 1 aliphatic rings. The number of hydrogen-bond acceptors (Lipinski definition) is 5. The first-order valence-electron chi connectivity index (χ1n) is 9.03. The number of ether oxygens (including phenoxy) is 2. The predicted molar refractivity (Wildman–Crippen MR) is 89.1 cm³/mol. The van der Waals surface area contributed by atoms with Gasteiger partial charge >= 0.3 is 5.97 Å². The summed E-state index contributed by atoms with van der Waals surface area (Å²) < 4.78 is 18.3. The number of rotatable bonds is 10. The van der Waals surface area contributed by atoms with Crippen LogP contribution in [0.2, 0.25) is 0 Å². The summed E-state index contributed by atoms with van der Waals surface area (Å²) in [6.45, 7) is 10.1. The largest absolute Gasteiger partial charge is 0.464 e. The van der Waals surface area contributed by atoms with Crippen LogP contribution in [0.25, 0.3) is 0 Å². The number of amides is 2. The first-order chi connectivity index (χ1) is 11.6. The molecular formula is C17H30N2O5. The molecule has 1 saturated heterocycles. The summed E-state index contributed by atoms with van der Waals surface area (Å²) in [5, 5.41) is 5.14. The van der Waals surface area contributed by atoms with Crippen LogP contribution in [0.15, 0.2) is 0 Å². The lowest BCUT2D eigenvalue weighted by Crippen LogP contribution is -2.49. The van der Waals surface area contributed by atoms with Gasteiger partial charge in [-0.3, -0.25) is 9.59 Å². The van der Waals surface area contributed by atoms with E-state index in [2.05, 4.69) is 10.6 Å². The zero-order valence-electron chi connectivity index (χ0n) is 16.2. The first-order valence-corrected chi connectivity index (χ1v) is 8.53. The maximum absolute atomic E-state index is 12.4. The van der Waals surface area contributed by atoms with Gasteiger partial charge < -0.3 is 20.1 Å². The highest BCUT2D eigenvalue weighted by Gasteiger charge is 2.52. The highest BCUT2D eigenvalue weighted by atomic mass is 16.6. The molecule has 1 rings (SSSR count). The van der Waals surface area contributed by atoms with Gasteiger partial charge in [0.1, 0.15) is 6.02 Å². The van der Waals surface area contributed by atoms with Crippen molar-refractivity contribution in [3.8, 4) is 0 Å². The van der Waals surface area contributed by atoms with E-state index < -0.39 is 36.0 Å². The molecule has 0 aromatic carbocycles. The summed E-state index contributed by atoms with van der Waals surface area (Å²) in [5.41, 5.74) is 0. The Labute approximate surface area is 145 Å². The Morgan fingerprint density at radius 2 is 1.83 bits per heavy atom. The molecular weight excluding hydrogens is 312 g/mol. The molecule has 2 amide bonds. The fourth-order valence-electron chi connectivity index (χ4n) is 2.13. The molecule has 0 spiro atoms. The van der Waals surface area contributed by atoms with E-state index in [1.54, 1.807) is 6.92 Å². The van der Waals surface area contributed by atoms with E-state index in [1.165, 1.54) is 0 Å². The van der Waals surface area contributed by atoms with Crippen molar-refractivity contribution in [2.45, 2.75) is 65.7 Å². The van der Waals surface area contributed by atoms with Gasteiger partial charge in [0.15, 0.2) is 12.2 Å². The standard InChI is InChI=1S/C17H30N2O5/c1-6-23-17(22)14-13(24-14)16(21)19-12(9-11(4)5)15(20)18-8-7-10(2)3/h10-14H,6-9H2,1-5H3,(H,18,20)(H,19,21)/i12D. The molecule has 1 heterocycles. The maximum atomic E-state index is 12.4. The molecule has 24 heavy (non-hydrogen) atoms. The van der Waals surface area contributed by atoms with Gasteiger partial charge in [-0.05, 0) is 31.6 Å². The lowest BCUT2D eigenvalue weighted by molar-refractivity contribution is -0.144. The highest BCUT2D eigenvalue weighted by Crippen LogP contribution is 2.24. The topological polar surface area (TPSA) is 97.0 Å². The van der Waals surface area contributed by atoms with Crippen molar-refractivity contribution in [2.75, 3.05) is 13.2 Å². The summed E-state index contributed by atoms with van der Waals surface area (Å²) >= 11 is 0. The zero-order valence-corrected chi connectivity index (χ0v) is 15.2. The molecule has 0 radical (unpaired) electrons. The van der Waals surface area contributed by atoms with Crippen molar-refractivity contribution in [3.63, 3.8) is 0 Å². The summed E-state index contributed by atoms with van der Waals surface area (Å²) in [4.78, 5) is 36.2. The van der Waals surface area contributed by atoms with Crippen LogP contribution in [0, 0.1) is 11.8 Å². The third kappa shape index (κ3) is 6.86. The predicted octanol–water partition coefficient (Wildman–Crippen LogP) is 1.01. The lowest BCUT2D eigenvalue weighted by atomic mass is 10.0. The Bertz CT molecular complexity index is 497. The van der Waals surface area contributed by atoms with Crippen LogP contribution in [-0.2, 0) is 23.9 Å². The van der Waals surface area contributed by atoms with E-state index in [-0.39, 0.29) is 18.9 Å². The van der Waals surface area contributed by atoms with Crippen LogP contribution in [-0.4, -0.2) is 49.2 Å². The molecule has 2 N–H and O–H groups in total. The van der Waals surface area contributed by atoms with Gasteiger partial charge in [-0.25, -0.2) is 4.79 Å². The van der Waals surface area contributed by atoms with Gasteiger partial charge in [0.2, 0.25) is 5.91 Å². The molecule has 3 unspecified atom stereocenters. The number of carbonyl (C=O) groups is 3. The van der Waals surface area contributed by atoms with Crippen LogP contribution < -0.4 is 10.6 Å². The third-order valence-corrected chi connectivity index (χ3v) is 3.44. The molecule has 138 valence electrons. The first kappa shape index (κ1) is 18.7. The van der Waals surface area contributed by atoms with Crippen molar-refractivity contribution in [1.29, 1.82) is 0 Å². The minimum Gasteiger partial charge on any atom is -0.464 e. The van der Waals surface area contributed by atoms with E-state index in [4.69, 9.17) is 10.8 Å². The van der Waals surface area contributed by atoms with Gasteiger partial charge in [-0.1, -0.05) is 27.7 Å². The van der Waals surface area contributed by atoms with Gasteiger partial charge in [0.25, 0.3) is 5.91 Å². The van der Waals surface area contributed by atoms with Crippen molar-refractivity contribution >= 4 is 17.8 Å². The molecule has 1 fully saturated rings. The van der Waals surface area contributed by atoms with E-state index in [0.29, 0.717) is 12.5 Å². The fourth-order valence-corrected chi connectivity index (χ4v) is 2.13. The molecule has 1 aliphatic heterocycles. The fraction of sp³-hybridized carbons (Fsp3) is 0.824. The van der Waals surface area contributed by atoms with Crippen LogP contribution >= 0.6 is 0 Å². The Morgan fingerprint density at radius 1 is 1.17 bits per heavy atom. The Hall–Kier alpha value is -1.63. The van der Waals surface area contributed by atoms with Crippen molar-refractivity contribution < 1.29 is 25.2 Å². The zero-order chi connectivity index (χ0) is 19.2. The van der Waals surface area contributed by atoms with Crippen molar-refractivity contribution in [2.24, 2.45) is 11.8 Å². The average Bonchev–Trinajstić information content (AvgIpc) is 3.26. The van der Waals surface area contributed by atoms with Gasteiger partial charge in [-0.15, -0.1) is 0 Å². The Kier molecular flexibility index (Phi) is 7.49. The summed E-state index contributed by atoms with van der Waals surface area (Å²) in [6, 6.07) is -1.80. The molecule has 7 nitrogen and oxygen atoms in total. The quantitative estimate of drug-likeness (QED) is 0.456. The highest BCUT2D eigenvalue weighted by molar-refractivity contribution is 5.95. The lowest BCUT2D eigenvalue weighted by Gasteiger charge is -2.20. The number of nitrogens with one attached hydrogen (secondary N) is 2. The maximum Gasteiger partial charge on any atom is 0.338 e. The minimum atomic E-state index is -1.80. The normalized spacial score (nSPS) is 22.5. The summed E-state index contributed by atoms with van der Waals surface area (Å²) in [5.74, 6) is -1.36. The molecule has 0 aromatic rings. The minimum absolute atomic E-state index is 0.0228. The van der Waals surface area contributed by atoms with Crippen LogP contribution in [0.4, 0.5) is 0 Å². The number of esters is 1. The summed E-state index contributed by atoms with van der Waals surface area (Å²) in [7, 11) is 0. The second-order valence-corrected chi connectivity index (χ2v) is 6.73. The van der Waals surface area contributed by atoms with Gasteiger partial charge in [0.05, 0.1) is 7.98 Å². The van der Waals surface area contributed by atoms with E-state index in [0.717, 1.165) is 6.42 Å². The molecule has 7 heteroatoms. The van der Waals surface area contributed by atoms with E-state index in [1.807, 2.05) is 27.7 Å². The molecule has 0 aliphatic carbocycles. The number of epoxide rings is 1. The van der Waals surface area contributed by atoms with Gasteiger partial charge in [0, 0.05) is 6.54 Å². The molecule has 0 bridgehead atoms. The number of hydrogen-bond donors (Lipinski definition) is 2. The van der Waals surface area contributed by atoms with E-state index in [9.17, 15) is 14.4 Å². The average molecular weight is 343 g/mol. The van der Waals surface area contributed by atoms with Crippen LogP contribution in [0.1, 0.15) is 48.8 Å². The summed E-state index contributed by atoms with van der Waals surface area (Å²) in [6.07, 6.45) is -1.01. The Morgan fingerprint density at radius 3 is 2.38 bits per heavy atom. The Balaban J connectivity index is 2.67. The second-order valence-electron chi connectivity index (χ2n) is 6.73. The van der Waals surface area contributed by atoms with Crippen molar-refractivity contribution in [1.82, 2.24) is 10.6 Å². The van der Waals surface area contributed by atoms with Crippen LogP contribution in [0.5, 0.6) is 0 Å². The molecule has 0 saturated carbocycles. The SMILES string of the molecule is [2H]C(CC(C)C)(NC(=O)C1OC1C(=O)OCC)C(=O)NCCC(C)C. The molecule has 0 aromatic heterocycles. The monoisotopic (exact) mass is 343 g/mol.